The van der Waals surface area contributed by atoms with Crippen molar-refractivity contribution in [2.45, 2.75) is 141 Å². The Morgan fingerprint density at radius 2 is 1.07 bits per heavy atom. The van der Waals surface area contributed by atoms with E-state index in [-0.39, 0.29) is 70.3 Å². The van der Waals surface area contributed by atoms with E-state index in [0.29, 0.717) is 52.2 Å². The molecule has 1 aliphatic rings. The molecule has 0 aliphatic carbocycles. The number of piperidine rings is 1. The van der Waals surface area contributed by atoms with Gasteiger partial charge in [-0.1, -0.05) is 89.9 Å². The summed E-state index contributed by atoms with van der Waals surface area (Å²) < 4.78 is 20.8. The SMILES string of the molecule is O=[C]COCCOCCNC(=O)COCCOCCNC(=O)C[C@@H](NCC1CCN(C(=O)CCCCCCCCCCCCCCCCCCC(=O)O)CC1)C(=O)O. The first-order valence-electron chi connectivity index (χ1n) is 21.9. The lowest BCUT2D eigenvalue weighted by atomic mass is 9.95. The maximum absolute atomic E-state index is 12.8. The molecule has 335 valence electrons. The number of hydrogen-bond donors (Lipinski definition) is 5. The maximum Gasteiger partial charge on any atom is 0.321 e. The Bertz CT molecular complexity index is 1090. The lowest BCUT2D eigenvalue weighted by molar-refractivity contribution is -0.141. The molecule has 3 amide bonds. The number of ether oxygens (including phenoxy) is 4. The van der Waals surface area contributed by atoms with Crippen molar-refractivity contribution in [2.75, 3.05) is 85.6 Å². The largest absolute Gasteiger partial charge is 0.481 e. The zero-order chi connectivity index (χ0) is 42.3. The molecule has 16 nitrogen and oxygen atoms in total. The van der Waals surface area contributed by atoms with Crippen molar-refractivity contribution in [3.8, 4) is 0 Å². The minimum Gasteiger partial charge on any atom is -0.481 e. The van der Waals surface area contributed by atoms with Crippen LogP contribution in [0.5, 0.6) is 0 Å². The summed E-state index contributed by atoms with van der Waals surface area (Å²) in [5.41, 5.74) is 0. The fraction of sp³-hybridized carbons (Fsp3) is 0.857. The van der Waals surface area contributed by atoms with E-state index in [2.05, 4.69) is 16.0 Å². The summed E-state index contributed by atoms with van der Waals surface area (Å²) in [6, 6.07) is -1.01. The summed E-state index contributed by atoms with van der Waals surface area (Å²) in [4.78, 5) is 71.2. The number of hydrogen-bond acceptors (Lipinski definition) is 11. The molecule has 0 aromatic heterocycles. The number of carboxylic acids is 2. The lowest BCUT2D eigenvalue weighted by Gasteiger charge is -2.32. The quantitative estimate of drug-likeness (QED) is 0.0548. The first-order valence-corrected chi connectivity index (χ1v) is 21.9. The predicted octanol–water partition coefficient (Wildman–Crippen LogP) is 4.17. The van der Waals surface area contributed by atoms with Crippen molar-refractivity contribution in [1.82, 2.24) is 20.9 Å². The van der Waals surface area contributed by atoms with Crippen LogP contribution in [0.1, 0.15) is 135 Å². The van der Waals surface area contributed by atoms with Gasteiger partial charge in [0, 0.05) is 39.0 Å². The first kappa shape index (κ1) is 52.8. The molecule has 58 heavy (non-hydrogen) atoms. The van der Waals surface area contributed by atoms with Gasteiger partial charge in [0.1, 0.15) is 19.3 Å². The van der Waals surface area contributed by atoms with Crippen LogP contribution in [0.3, 0.4) is 0 Å². The molecule has 0 saturated carbocycles. The Labute approximate surface area is 346 Å². The number of aliphatic carboxylic acids is 2. The molecule has 16 heteroatoms. The van der Waals surface area contributed by atoms with E-state index in [9.17, 15) is 33.9 Å². The Morgan fingerprint density at radius 3 is 1.57 bits per heavy atom. The van der Waals surface area contributed by atoms with E-state index < -0.39 is 23.9 Å². The number of nitrogens with one attached hydrogen (secondary N) is 3. The third-order valence-electron chi connectivity index (χ3n) is 10.1. The molecule has 1 rings (SSSR count). The van der Waals surface area contributed by atoms with Gasteiger partial charge in [0.2, 0.25) is 24.0 Å². The highest BCUT2D eigenvalue weighted by atomic mass is 16.5. The van der Waals surface area contributed by atoms with Gasteiger partial charge in [0.25, 0.3) is 0 Å². The van der Waals surface area contributed by atoms with Crippen LogP contribution in [0.4, 0.5) is 0 Å². The van der Waals surface area contributed by atoms with Crippen LogP contribution in [0.2, 0.25) is 0 Å². The van der Waals surface area contributed by atoms with Gasteiger partial charge in [-0.3, -0.25) is 28.8 Å². The zero-order valence-electron chi connectivity index (χ0n) is 35.1. The van der Waals surface area contributed by atoms with Gasteiger partial charge in [0.05, 0.1) is 46.1 Å². The van der Waals surface area contributed by atoms with Crippen molar-refractivity contribution < 1.29 is 57.9 Å². The normalized spacial score (nSPS) is 13.6. The fourth-order valence-corrected chi connectivity index (χ4v) is 6.68. The minimum atomic E-state index is -1.09. The van der Waals surface area contributed by atoms with E-state index in [1.54, 1.807) is 6.29 Å². The molecule has 0 unspecified atom stereocenters. The number of nitrogens with zero attached hydrogens (tertiary/aromatic N) is 1. The van der Waals surface area contributed by atoms with Gasteiger partial charge >= 0.3 is 11.9 Å². The molecule has 0 aromatic rings. The second-order valence-corrected chi connectivity index (χ2v) is 15.1. The highest BCUT2D eigenvalue weighted by Gasteiger charge is 2.26. The Hall–Kier alpha value is -3.18. The number of unbranched alkanes of at least 4 members (excludes halogenated alkanes) is 15. The van der Waals surface area contributed by atoms with E-state index in [0.717, 1.165) is 44.9 Å². The summed E-state index contributed by atoms with van der Waals surface area (Å²) in [5, 5.41) is 26.7. The molecule has 1 radical (unpaired) electrons. The Kier molecular flexibility index (Phi) is 34.7. The van der Waals surface area contributed by atoms with E-state index in [4.69, 9.17) is 24.1 Å². The summed E-state index contributed by atoms with van der Waals surface area (Å²) in [6.45, 7) is 3.61. The highest BCUT2D eigenvalue weighted by molar-refractivity contribution is 5.84. The van der Waals surface area contributed by atoms with Crippen molar-refractivity contribution >= 4 is 35.9 Å². The van der Waals surface area contributed by atoms with Gasteiger partial charge in [-0.2, -0.15) is 0 Å². The molecular formula is C42H75N4O12. The monoisotopic (exact) mass is 828 g/mol. The molecule has 0 aromatic carbocycles. The maximum atomic E-state index is 12.8. The molecule has 5 N–H and O–H groups in total. The molecular weight excluding hydrogens is 752 g/mol. The molecule has 1 saturated heterocycles. The smallest absolute Gasteiger partial charge is 0.321 e. The van der Waals surface area contributed by atoms with Crippen LogP contribution in [-0.2, 0) is 47.7 Å². The zero-order valence-corrected chi connectivity index (χ0v) is 35.1. The molecule has 0 bridgehead atoms. The first-order chi connectivity index (χ1) is 28.2. The van der Waals surface area contributed by atoms with E-state index in [1.807, 2.05) is 4.90 Å². The Balaban J connectivity index is 1.97. The number of amides is 3. The van der Waals surface area contributed by atoms with Crippen molar-refractivity contribution in [1.29, 1.82) is 0 Å². The predicted molar refractivity (Wildman–Crippen MR) is 219 cm³/mol. The van der Waals surface area contributed by atoms with Crippen LogP contribution >= 0.6 is 0 Å². The number of carboxylic acid groups (broad SMARTS) is 2. The minimum absolute atomic E-state index is 0.0949. The van der Waals surface area contributed by atoms with Gasteiger partial charge in [-0.25, -0.2) is 0 Å². The summed E-state index contributed by atoms with van der Waals surface area (Å²) in [5.74, 6) is -2.03. The van der Waals surface area contributed by atoms with Crippen LogP contribution < -0.4 is 16.0 Å². The van der Waals surface area contributed by atoms with Crippen LogP contribution in [0.25, 0.3) is 0 Å². The lowest BCUT2D eigenvalue weighted by Crippen LogP contribution is -2.46. The number of rotatable bonds is 41. The number of likely N-dealkylation sites (tertiary alicyclic amines) is 1. The highest BCUT2D eigenvalue weighted by Crippen LogP contribution is 2.19. The number of carbonyl (C=O) groups is 5. The van der Waals surface area contributed by atoms with Gasteiger partial charge in [-0.05, 0) is 38.1 Å². The second kappa shape index (κ2) is 38.0. The second-order valence-electron chi connectivity index (χ2n) is 15.1. The van der Waals surface area contributed by atoms with Crippen LogP contribution in [0, 0.1) is 5.92 Å². The topological polar surface area (TPSA) is 219 Å². The molecule has 1 atom stereocenters. The van der Waals surface area contributed by atoms with Gasteiger partial charge in [0.15, 0.2) is 0 Å². The summed E-state index contributed by atoms with van der Waals surface area (Å²) in [7, 11) is 0. The standard InChI is InChI=1S/C42H75N4O12/c47-25-28-57-30-29-55-27-22-44-39(49)35-58-32-31-56-26-21-43-38(48)33-37(42(53)54)45-34-36-19-23-46(24-20-36)40(50)17-15-13-11-9-7-5-3-1-2-4-6-8-10-12-14-16-18-41(51)52/h36-37,45H,1-24,26-35H2,(H,43,48)(H,44,49)(H,51,52)(H,53,54)/t37-/m1/s1. The molecule has 1 heterocycles. The molecule has 1 fully saturated rings. The fourth-order valence-electron chi connectivity index (χ4n) is 6.68. The van der Waals surface area contributed by atoms with E-state index in [1.165, 1.54) is 70.6 Å². The van der Waals surface area contributed by atoms with Gasteiger partial charge < -0.3 is 50.0 Å². The summed E-state index contributed by atoms with van der Waals surface area (Å²) >= 11 is 0. The average Bonchev–Trinajstić information content (AvgIpc) is 3.20. The van der Waals surface area contributed by atoms with Crippen molar-refractivity contribution in [3.63, 3.8) is 0 Å². The van der Waals surface area contributed by atoms with Crippen LogP contribution in [0.15, 0.2) is 0 Å². The van der Waals surface area contributed by atoms with Crippen molar-refractivity contribution in [2.24, 2.45) is 5.92 Å². The number of carbonyl (C=O) groups excluding carboxylic acids is 4. The van der Waals surface area contributed by atoms with Gasteiger partial charge in [-0.15, -0.1) is 0 Å². The van der Waals surface area contributed by atoms with E-state index >= 15 is 0 Å². The summed E-state index contributed by atoms with van der Waals surface area (Å²) in [6.07, 6.45) is 22.8. The van der Waals surface area contributed by atoms with Crippen molar-refractivity contribution in [3.05, 3.63) is 0 Å². The third kappa shape index (κ3) is 32.7. The molecule has 0 spiro atoms. The van der Waals surface area contributed by atoms with Crippen LogP contribution in [-0.4, -0.2) is 143 Å². The Morgan fingerprint density at radius 1 is 0.603 bits per heavy atom. The third-order valence-corrected chi connectivity index (χ3v) is 10.1. The molecule has 1 aliphatic heterocycles. The average molecular weight is 828 g/mol.